The summed E-state index contributed by atoms with van der Waals surface area (Å²) in [6.45, 7) is 15.3. The van der Waals surface area contributed by atoms with Gasteiger partial charge in [-0.05, 0) is 108 Å². The number of carbonyl (C=O) groups is 2. The van der Waals surface area contributed by atoms with Crippen LogP contribution in [0.15, 0.2) is 120 Å². The number of thiophene rings is 2. The van der Waals surface area contributed by atoms with Gasteiger partial charge in [0.25, 0.3) is 5.56 Å². The van der Waals surface area contributed by atoms with Crippen LogP contribution < -0.4 is 29.1 Å². The number of carboxylic acids is 2. The molecule has 0 atom stereocenters. The van der Waals surface area contributed by atoms with Crippen molar-refractivity contribution >= 4 is 98.7 Å². The predicted octanol–water partition coefficient (Wildman–Crippen LogP) is 14.7. The van der Waals surface area contributed by atoms with E-state index in [0.717, 1.165) is 155 Å². The van der Waals surface area contributed by atoms with Gasteiger partial charge in [-0.3, -0.25) is 19.0 Å². The van der Waals surface area contributed by atoms with Crippen LogP contribution in [0.25, 0.3) is 79.6 Å². The quantitative estimate of drug-likeness (QED) is 0.0572. The Morgan fingerprint density at radius 3 is 1.86 bits per heavy atom. The van der Waals surface area contributed by atoms with Crippen molar-refractivity contribution in [2.75, 3.05) is 24.7 Å². The van der Waals surface area contributed by atoms with Crippen molar-refractivity contribution in [3.63, 3.8) is 0 Å². The summed E-state index contributed by atoms with van der Waals surface area (Å²) in [5.74, 6) is -1.46. The number of hydrogen-bond donors (Lipinski definition) is 2. The van der Waals surface area contributed by atoms with Crippen LogP contribution in [-0.4, -0.2) is 46.5 Å². The van der Waals surface area contributed by atoms with Crippen molar-refractivity contribution < 1.29 is 29.3 Å². The van der Waals surface area contributed by atoms with Crippen LogP contribution in [0.4, 0.5) is 11.4 Å². The van der Waals surface area contributed by atoms with E-state index in [9.17, 15) is 24.6 Å². The number of thiazole rings is 1. The number of aliphatic carboxylic acids is 2. The van der Waals surface area contributed by atoms with Gasteiger partial charge in [-0.25, -0.2) is 4.85 Å². The van der Waals surface area contributed by atoms with E-state index >= 15 is 0 Å². The SMILES string of the molecule is [C-]#[N+]C(C(=O)O)=c1sc(=Cc2c(-c3ccccc3)cc3sc4c(sc5cc(-c6ccccc6)c(-c6ccc7c(c6)CCc6ccccc6N7CC)c(OCCCCCC)c54)c3c2OCCCCCC)c(=O)n1CC(=O)O. The van der Waals surface area contributed by atoms with Crippen molar-refractivity contribution in [2.45, 2.75) is 91.5 Å². The number of fused-ring (bicyclic) bond motifs is 7. The first-order chi connectivity index (χ1) is 37.1. The smallest absolute Gasteiger partial charge is 0.336 e. The molecule has 0 spiro atoms. The third-order valence-electron chi connectivity index (χ3n) is 14.2. The third-order valence-corrected chi connectivity index (χ3v) is 17.7. The van der Waals surface area contributed by atoms with Crippen molar-refractivity contribution in [1.82, 2.24) is 4.57 Å². The number of anilines is 2. The van der Waals surface area contributed by atoms with E-state index in [1.807, 2.05) is 36.4 Å². The minimum absolute atomic E-state index is 0.0800. The zero-order chi connectivity index (χ0) is 52.9. The van der Waals surface area contributed by atoms with Crippen LogP contribution in [0.1, 0.15) is 88.8 Å². The lowest BCUT2D eigenvalue weighted by molar-refractivity contribution is -0.138. The Morgan fingerprint density at radius 1 is 0.658 bits per heavy atom. The number of rotatable bonds is 20. The van der Waals surface area contributed by atoms with Gasteiger partial charge in [-0.2, -0.15) is 0 Å². The Bertz CT molecular complexity index is 3880. The first kappa shape index (κ1) is 52.0. The molecule has 386 valence electrons. The van der Waals surface area contributed by atoms with Gasteiger partial charge in [0.05, 0.1) is 44.5 Å². The number of unbranched alkanes of at least 4 members (excludes halogenated alkanes) is 6. The van der Waals surface area contributed by atoms with Gasteiger partial charge < -0.3 is 24.6 Å². The number of benzene rings is 6. The van der Waals surface area contributed by atoms with Crippen LogP contribution >= 0.6 is 34.0 Å². The summed E-state index contributed by atoms with van der Waals surface area (Å²) in [5, 5.41) is 21.9. The molecule has 2 N–H and O–H groups in total. The molecule has 1 aliphatic heterocycles. The van der Waals surface area contributed by atoms with E-state index in [0.29, 0.717) is 24.5 Å². The van der Waals surface area contributed by atoms with Gasteiger partial charge in [0.15, 0.2) is 0 Å². The van der Waals surface area contributed by atoms with E-state index in [1.54, 1.807) is 28.7 Å². The topological polar surface area (TPSA) is 123 Å². The number of ether oxygens (including phenoxy) is 2. The maximum atomic E-state index is 14.4. The summed E-state index contributed by atoms with van der Waals surface area (Å²) in [6.07, 6.45) is 11.6. The fraction of sp³-hybridized carbons (Fsp3) is 0.270. The zero-order valence-corrected chi connectivity index (χ0v) is 45.4. The molecule has 6 aromatic carbocycles. The molecule has 13 heteroatoms. The van der Waals surface area contributed by atoms with Gasteiger partial charge in [0, 0.05) is 38.4 Å². The zero-order valence-electron chi connectivity index (χ0n) is 42.9. The second-order valence-corrected chi connectivity index (χ2v) is 22.3. The molecule has 0 amide bonds. The molecule has 0 saturated heterocycles. The highest BCUT2D eigenvalue weighted by Crippen LogP contribution is 2.56. The number of para-hydroxylation sites is 1. The molecule has 76 heavy (non-hydrogen) atoms. The molecule has 0 saturated carbocycles. The molecule has 4 heterocycles. The lowest BCUT2D eigenvalue weighted by Crippen LogP contribution is -2.35. The minimum Gasteiger partial charge on any atom is -0.492 e. The lowest BCUT2D eigenvalue weighted by atomic mass is 9.90. The summed E-state index contributed by atoms with van der Waals surface area (Å²) in [6, 6.07) is 40.6. The second kappa shape index (κ2) is 23.2. The molecular weight excluding hydrogens is 1010 g/mol. The summed E-state index contributed by atoms with van der Waals surface area (Å²) >= 11 is 4.19. The van der Waals surface area contributed by atoms with E-state index in [4.69, 9.17) is 16.0 Å². The Morgan fingerprint density at radius 2 is 1.24 bits per heavy atom. The predicted molar refractivity (Wildman–Crippen MR) is 314 cm³/mol. The van der Waals surface area contributed by atoms with Gasteiger partial charge in [-0.15, -0.1) is 34.0 Å². The minimum atomic E-state index is -1.55. The second-order valence-electron chi connectivity index (χ2n) is 19.1. The van der Waals surface area contributed by atoms with Crippen LogP contribution in [0.2, 0.25) is 0 Å². The van der Waals surface area contributed by atoms with Gasteiger partial charge in [0.2, 0.25) is 0 Å². The summed E-state index contributed by atoms with van der Waals surface area (Å²) in [5.41, 5.74) is 10.2. The molecule has 1 aliphatic rings. The fourth-order valence-electron chi connectivity index (χ4n) is 10.6. The maximum Gasteiger partial charge on any atom is 0.336 e. The van der Waals surface area contributed by atoms with Crippen LogP contribution in [0.5, 0.6) is 11.5 Å². The highest BCUT2D eigenvalue weighted by molar-refractivity contribution is 7.36. The number of hydrogen-bond acceptors (Lipinski definition) is 9. The fourth-order valence-corrected chi connectivity index (χ4v) is 14.4. The Labute approximate surface area is 453 Å². The average molecular weight is 1070 g/mol. The molecule has 0 unspecified atom stereocenters. The largest absolute Gasteiger partial charge is 0.492 e. The Kier molecular flexibility index (Phi) is 15.8. The van der Waals surface area contributed by atoms with E-state index in [1.165, 1.54) is 22.5 Å². The number of aromatic nitrogens is 1. The van der Waals surface area contributed by atoms with Crippen molar-refractivity contribution in [3.8, 4) is 44.9 Å². The first-order valence-corrected chi connectivity index (χ1v) is 28.7. The molecule has 0 radical (unpaired) electrons. The van der Waals surface area contributed by atoms with Gasteiger partial charge >= 0.3 is 17.6 Å². The molecular formula is C63H59N3O7S3. The molecule has 3 aromatic heterocycles. The van der Waals surface area contributed by atoms with E-state index in [-0.39, 0.29) is 9.20 Å². The lowest BCUT2D eigenvalue weighted by Gasteiger charge is -2.26. The standard InChI is InChI=1S/C63H59N3O7S3/c1-5-8-10-20-32-72-57-46(37-51-61(69)66(38-52(67)68)62(76-51)56(64-4)63(70)71)44(39-22-14-12-15-23-39)35-49-54(57)59-60(74-49)55-50(75-59)36-45(40-24-16-13-17-25-40)53(58(55)73-33-21-11-9-6-2)43-30-31-48-42(34-43)29-28-41-26-18-19-27-47(41)65(48)7-3/h12-19,22-27,30-31,34-37H,5-11,20-21,28-29,32-33,38H2,1-3H3,(H,67,68)(H,70,71). The average Bonchev–Trinajstić information content (AvgIpc) is 4.09. The molecule has 0 fully saturated rings. The van der Waals surface area contributed by atoms with Gasteiger partial charge in [-0.1, -0.05) is 137 Å². The molecule has 0 aliphatic carbocycles. The van der Waals surface area contributed by atoms with Gasteiger partial charge in [0.1, 0.15) is 22.7 Å². The van der Waals surface area contributed by atoms with Crippen LogP contribution in [0.3, 0.4) is 0 Å². The number of nitrogens with zero attached hydrogens (tertiary/aromatic N) is 3. The maximum absolute atomic E-state index is 14.4. The highest BCUT2D eigenvalue weighted by Gasteiger charge is 2.29. The first-order valence-electron chi connectivity index (χ1n) is 26.3. The summed E-state index contributed by atoms with van der Waals surface area (Å²) in [7, 11) is 0. The third kappa shape index (κ3) is 10.2. The molecule has 9 aromatic rings. The van der Waals surface area contributed by atoms with E-state index < -0.39 is 29.7 Å². The van der Waals surface area contributed by atoms with Crippen molar-refractivity contribution in [2.24, 2.45) is 0 Å². The highest BCUT2D eigenvalue weighted by atomic mass is 32.1. The summed E-state index contributed by atoms with van der Waals surface area (Å²) < 4.78 is 19.2. The number of aryl methyl sites for hydroxylation is 2. The van der Waals surface area contributed by atoms with Crippen molar-refractivity contribution in [3.05, 3.63) is 163 Å². The molecule has 10 rings (SSSR count). The Hall–Kier alpha value is -7.50. The Balaban J connectivity index is 1.29. The molecule has 0 bridgehead atoms. The monoisotopic (exact) mass is 1070 g/mol. The van der Waals surface area contributed by atoms with Crippen LogP contribution in [0, 0.1) is 6.57 Å². The number of carboxylic acid groups (broad SMARTS) is 2. The van der Waals surface area contributed by atoms with Crippen LogP contribution in [-0.2, 0) is 29.0 Å². The molecule has 10 nitrogen and oxygen atoms in total. The van der Waals surface area contributed by atoms with E-state index in [2.05, 4.69) is 109 Å². The van der Waals surface area contributed by atoms with Crippen molar-refractivity contribution in [1.29, 1.82) is 0 Å². The summed E-state index contributed by atoms with van der Waals surface area (Å²) in [4.78, 5) is 44.6. The normalized spacial score (nSPS) is 12.9.